The first-order valence-electron chi connectivity index (χ1n) is 6.15. The van der Waals surface area contributed by atoms with Gasteiger partial charge in [0, 0.05) is 0 Å². The van der Waals surface area contributed by atoms with Crippen LogP contribution < -0.4 is 5.32 Å². The van der Waals surface area contributed by atoms with E-state index in [2.05, 4.69) is 24.4 Å². The quantitative estimate of drug-likeness (QED) is 0.492. The molecule has 100 valence electrons. The maximum absolute atomic E-state index is 10.5. The van der Waals surface area contributed by atoms with Crippen LogP contribution in [0.25, 0.3) is 0 Å². The lowest BCUT2D eigenvalue weighted by Crippen LogP contribution is -2.16. The Hall–Kier alpha value is -2.14. The third-order valence-electron chi connectivity index (χ3n) is 2.96. The molecule has 0 spiro atoms. The maximum Gasteiger partial charge on any atom is 0.433 e. The Morgan fingerprint density at radius 3 is 2.74 bits per heavy atom. The van der Waals surface area contributed by atoms with Crippen LogP contribution in [0, 0.1) is 17.0 Å². The molecule has 0 atom stereocenters. The summed E-state index contributed by atoms with van der Waals surface area (Å²) < 4.78 is 5.06. The van der Waals surface area contributed by atoms with Gasteiger partial charge >= 0.3 is 5.88 Å². The van der Waals surface area contributed by atoms with Crippen molar-refractivity contribution in [2.24, 2.45) is 0 Å². The fourth-order valence-corrected chi connectivity index (χ4v) is 1.88. The topological polar surface area (TPSA) is 68.3 Å². The van der Waals surface area contributed by atoms with Gasteiger partial charge in [0.15, 0.2) is 0 Å². The molecule has 1 aromatic heterocycles. The van der Waals surface area contributed by atoms with Gasteiger partial charge in [-0.05, 0) is 37.1 Å². The Labute approximate surface area is 111 Å². The summed E-state index contributed by atoms with van der Waals surface area (Å²) in [7, 11) is 0. The smallest absolute Gasteiger partial charge is 0.404 e. The lowest BCUT2D eigenvalue weighted by molar-refractivity contribution is -0.402. The summed E-state index contributed by atoms with van der Waals surface area (Å²) in [5.74, 6) is 0.368. The minimum atomic E-state index is -0.531. The van der Waals surface area contributed by atoms with Crippen LogP contribution >= 0.6 is 0 Å². The molecule has 2 aromatic rings. The molecule has 0 aliphatic heterocycles. The first-order valence-corrected chi connectivity index (χ1v) is 6.15. The molecule has 5 heteroatoms. The number of nitrogens with one attached hydrogen (secondary N) is 1. The SMILES string of the molecule is Cc1ccccc1CCNCc1ccc([N+](=O)[O-])o1. The first-order chi connectivity index (χ1) is 9.16. The Morgan fingerprint density at radius 1 is 1.26 bits per heavy atom. The minimum absolute atomic E-state index is 0.212. The fourth-order valence-electron chi connectivity index (χ4n) is 1.88. The standard InChI is InChI=1S/C14H16N2O3/c1-11-4-2-3-5-12(11)8-9-15-10-13-6-7-14(19-13)16(17)18/h2-7,15H,8-10H2,1H3. The number of nitrogens with zero attached hydrogens (tertiary/aromatic N) is 1. The summed E-state index contributed by atoms with van der Waals surface area (Å²) in [5, 5.41) is 13.7. The summed E-state index contributed by atoms with van der Waals surface area (Å²) in [6.45, 7) is 3.39. The van der Waals surface area contributed by atoms with Gasteiger partial charge in [-0.3, -0.25) is 10.1 Å². The average molecular weight is 260 g/mol. The third kappa shape index (κ3) is 3.66. The van der Waals surface area contributed by atoms with Crippen LogP contribution in [0.5, 0.6) is 0 Å². The fraction of sp³-hybridized carbons (Fsp3) is 0.286. The van der Waals surface area contributed by atoms with Gasteiger partial charge in [-0.15, -0.1) is 0 Å². The van der Waals surface area contributed by atoms with Gasteiger partial charge in [0.1, 0.15) is 10.7 Å². The number of rotatable bonds is 6. The molecule has 19 heavy (non-hydrogen) atoms. The lowest BCUT2D eigenvalue weighted by atomic mass is 10.1. The molecule has 0 radical (unpaired) electrons. The van der Waals surface area contributed by atoms with Crippen molar-refractivity contribution in [1.29, 1.82) is 0 Å². The van der Waals surface area contributed by atoms with Gasteiger partial charge in [0.25, 0.3) is 0 Å². The molecule has 0 fully saturated rings. The summed E-state index contributed by atoms with van der Waals surface area (Å²) >= 11 is 0. The molecule has 5 nitrogen and oxygen atoms in total. The molecule has 0 saturated carbocycles. The van der Waals surface area contributed by atoms with Crippen LogP contribution in [-0.2, 0) is 13.0 Å². The van der Waals surface area contributed by atoms with E-state index in [0.29, 0.717) is 12.3 Å². The average Bonchev–Trinajstić information content (AvgIpc) is 2.85. The molecule has 0 saturated heterocycles. The molecule has 0 aliphatic rings. The van der Waals surface area contributed by atoms with Gasteiger partial charge < -0.3 is 9.73 Å². The van der Waals surface area contributed by atoms with E-state index in [0.717, 1.165) is 13.0 Å². The number of aryl methyl sites for hydroxylation is 1. The Balaban J connectivity index is 1.77. The normalized spacial score (nSPS) is 10.6. The van der Waals surface area contributed by atoms with Gasteiger partial charge in [0.2, 0.25) is 0 Å². The molecular weight excluding hydrogens is 244 g/mol. The number of benzene rings is 1. The van der Waals surface area contributed by atoms with Crippen molar-refractivity contribution < 1.29 is 9.34 Å². The van der Waals surface area contributed by atoms with E-state index in [4.69, 9.17) is 4.42 Å². The van der Waals surface area contributed by atoms with E-state index >= 15 is 0 Å². The monoisotopic (exact) mass is 260 g/mol. The Kier molecular flexibility index (Phi) is 4.30. The maximum atomic E-state index is 10.5. The van der Waals surface area contributed by atoms with Gasteiger partial charge in [-0.2, -0.15) is 0 Å². The van der Waals surface area contributed by atoms with Crippen molar-refractivity contribution in [3.63, 3.8) is 0 Å². The highest BCUT2D eigenvalue weighted by Crippen LogP contribution is 2.15. The number of nitro groups is 1. The zero-order chi connectivity index (χ0) is 13.7. The second-order valence-corrected chi connectivity index (χ2v) is 4.35. The van der Waals surface area contributed by atoms with Crippen molar-refractivity contribution >= 4 is 5.88 Å². The molecule has 2 rings (SSSR count). The summed E-state index contributed by atoms with van der Waals surface area (Å²) in [6, 6.07) is 11.2. The highest BCUT2D eigenvalue weighted by Gasteiger charge is 2.10. The Bertz CT molecular complexity index is 563. The second-order valence-electron chi connectivity index (χ2n) is 4.35. The molecule has 1 aromatic carbocycles. The van der Waals surface area contributed by atoms with Crippen LogP contribution in [0.2, 0.25) is 0 Å². The van der Waals surface area contributed by atoms with Crippen molar-refractivity contribution in [2.45, 2.75) is 19.9 Å². The van der Waals surface area contributed by atoms with E-state index in [1.807, 2.05) is 12.1 Å². The number of hydrogen-bond acceptors (Lipinski definition) is 4. The summed E-state index contributed by atoms with van der Waals surface area (Å²) in [4.78, 5) is 9.93. The van der Waals surface area contributed by atoms with Gasteiger partial charge in [0.05, 0.1) is 12.6 Å². The Morgan fingerprint density at radius 2 is 2.05 bits per heavy atom. The van der Waals surface area contributed by atoms with Crippen molar-refractivity contribution in [3.8, 4) is 0 Å². The van der Waals surface area contributed by atoms with Crippen molar-refractivity contribution in [3.05, 3.63) is 63.4 Å². The molecule has 0 amide bonds. The zero-order valence-electron chi connectivity index (χ0n) is 10.8. The van der Waals surface area contributed by atoms with Crippen LogP contribution in [0.4, 0.5) is 5.88 Å². The molecular formula is C14H16N2O3. The third-order valence-corrected chi connectivity index (χ3v) is 2.96. The zero-order valence-corrected chi connectivity index (χ0v) is 10.8. The van der Waals surface area contributed by atoms with E-state index in [9.17, 15) is 10.1 Å². The first kappa shape index (κ1) is 13.3. The predicted octanol–water partition coefficient (Wildman–Crippen LogP) is 2.83. The summed E-state index contributed by atoms with van der Waals surface area (Å²) in [5.41, 5.74) is 2.58. The number of furan rings is 1. The molecule has 0 aliphatic carbocycles. The van der Waals surface area contributed by atoms with Crippen LogP contribution in [0.3, 0.4) is 0 Å². The molecule has 0 bridgehead atoms. The van der Waals surface area contributed by atoms with Crippen molar-refractivity contribution in [2.75, 3.05) is 6.54 Å². The van der Waals surface area contributed by atoms with E-state index in [1.54, 1.807) is 6.07 Å². The molecule has 0 unspecified atom stereocenters. The van der Waals surface area contributed by atoms with E-state index in [-0.39, 0.29) is 5.88 Å². The van der Waals surface area contributed by atoms with Crippen molar-refractivity contribution in [1.82, 2.24) is 5.32 Å². The molecule has 1 heterocycles. The highest BCUT2D eigenvalue weighted by molar-refractivity contribution is 5.25. The lowest BCUT2D eigenvalue weighted by Gasteiger charge is -2.05. The van der Waals surface area contributed by atoms with Gasteiger partial charge in [-0.1, -0.05) is 24.3 Å². The predicted molar refractivity (Wildman–Crippen MR) is 72.0 cm³/mol. The largest absolute Gasteiger partial charge is 0.433 e. The highest BCUT2D eigenvalue weighted by atomic mass is 16.6. The van der Waals surface area contributed by atoms with Gasteiger partial charge in [-0.25, -0.2) is 0 Å². The van der Waals surface area contributed by atoms with Crippen LogP contribution in [-0.4, -0.2) is 11.5 Å². The summed E-state index contributed by atoms with van der Waals surface area (Å²) in [6.07, 6.45) is 0.926. The van der Waals surface area contributed by atoms with Crippen LogP contribution in [0.1, 0.15) is 16.9 Å². The molecule has 1 N–H and O–H groups in total. The minimum Gasteiger partial charge on any atom is -0.404 e. The van der Waals surface area contributed by atoms with Crippen LogP contribution in [0.15, 0.2) is 40.8 Å². The van der Waals surface area contributed by atoms with E-state index in [1.165, 1.54) is 17.2 Å². The second kappa shape index (κ2) is 6.15. The number of hydrogen-bond donors (Lipinski definition) is 1. The van der Waals surface area contributed by atoms with E-state index < -0.39 is 4.92 Å².